The van der Waals surface area contributed by atoms with E-state index in [9.17, 15) is 9.90 Å². The van der Waals surface area contributed by atoms with Crippen LogP contribution in [0.3, 0.4) is 0 Å². The maximum Gasteiger partial charge on any atom is 0.259 e. The average molecular weight is 228 g/mol. The van der Waals surface area contributed by atoms with Crippen molar-refractivity contribution in [1.82, 2.24) is 4.98 Å². The molecule has 0 saturated carbocycles. The van der Waals surface area contributed by atoms with E-state index in [2.05, 4.69) is 10.3 Å². The summed E-state index contributed by atoms with van der Waals surface area (Å²) < 4.78 is 0. The predicted molar refractivity (Wildman–Crippen MR) is 65.0 cm³/mol. The summed E-state index contributed by atoms with van der Waals surface area (Å²) in [6.07, 6.45) is 3.26. The molecule has 2 rings (SSSR count). The first-order valence-corrected chi connectivity index (χ1v) is 5.18. The van der Waals surface area contributed by atoms with Gasteiger partial charge in [-0.2, -0.15) is 0 Å². The topological polar surface area (TPSA) is 62.2 Å². The van der Waals surface area contributed by atoms with Gasteiger partial charge in [0.25, 0.3) is 5.91 Å². The number of aromatic hydroxyl groups is 1. The SMILES string of the molecule is Cc1cncc(NC(=O)c2ccccc2O)c1. The molecule has 2 N–H and O–H groups in total. The Bertz CT molecular complexity index is 553. The van der Waals surface area contributed by atoms with Crippen molar-refractivity contribution < 1.29 is 9.90 Å². The maximum absolute atomic E-state index is 11.8. The maximum atomic E-state index is 11.8. The van der Waals surface area contributed by atoms with Gasteiger partial charge in [-0.1, -0.05) is 12.1 Å². The van der Waals surface area contributed by atoms with Crippen LogP contribution in [0.5, 0.6) is 5.75 Å². The molecule has 0 aliphatic carbocycles. The molecule has 2 aromatic rings. The molecule has 1 heterocycles. The Kier molecular flexibility index (Phi) is 3.05. The molecule has 4 heteroatoms. The van der Waals surface area contributed by atoms with Crippen LogP contribution in [-0.4, -0.2) is 16.0 Å². The minimum atomic E-state index is -0.351. The molecular formula is C13H12N2O2. The van der Waals surface area contributed by atoms with E-state index in [-0.39, 0.29) is 17.2 Å². The van der Waals surface area contributed by atoms with E-state index >= 15 is 0 Å². The second-order valence-corrected chi connectivity index (χ2v) is 3.72. The molecular weight excluding hydrogens is 216 g/mol. The number of hydrogen-bond donors (Lipinski definition) is 2. The van der Waals surface area contributed by atoms with Crippen molar-refractivity contribution in [1.29, 1.82) is 0 Å². The number of nitrogens with one attached hydrogen (secondary N) is 1. The van der Waals surface area contributed by atoms with Crippen LogP contribution in [0, 0.1) is 6.92 Å². The fourth-order valence-electron chi connectivity index (χ4n) is 1.49. The van der Waals surface area contributed by atoms with Crippen molar-refractivity contribution in [2.45, 2.75) is 6.92 Å². The summed E-state index contributed by atoms with van der Waals surface area (Å²) in [7, 11) is 0. The molecule has 1 amide bonds. The van der Waals surface area contributed by atoms with Crippen molar-refractivity contribution in [3.05, 3.63) is 53.9 Å². The molecule has 0 atom stereocenters. The van der Waals surface area contributed by atoms with Gasteiger partial charge in [-0.15, -0.1) is 0 Å². The lowest BCUT2D eigenvalue weighted by atomic mass is 10.2. The number of carbonyl (C=O) groups is 1. The lowest BCUT2D eigenvalue weighted by Crippen LogP contribution is -2.12. The molecule has 17 heavy (non-hydrogen) atoms. The van der Waals surface area contributed by atoms with Gasteiger partial charge in [-0.25, -0.2) is 0 Å². The molecule has 1 aromatic carbocycles. The summed E-state index contributed by atoms with van der Waals surface area (Å²) in [5.74, 6) is -0.388. The van der Waals surface area contributed by atoms with Gasteiger partial charge in [0.1, 0.15) is 5.75 Å². The summed E-state index contributed by atoms with van der Waals surface area (Å²) in [6.45, 7) is 1.89. The zero-order chi connectivity index (χ0) is 12.3. The first-order valence-electron chi connectivity index (χ1n) is 5.18. The zero-order valence-corrected chi connectivity index (χ0v) is 9.34. The molecule has 86 valence electrons. The number of phenolic OH excluding ortho intramolecular Hbond substituents is 1. The molecule has 0 aliphatic heterocycles. The molecule has 0 unspecified atom stereocenters. The van der Waals surface area contributed by atoms with Crippen LogP contribution in [0.15, 0.2) is 42.7 Å². The Morgan fingerprint density at radius 1 is 1.29 bits per heavy atom. The van der Waals surface area contributed by atoms with Crippen LogP contribution in [0.2, 0.25) is 0 Å². The Morgan fingerprint density at radius 2 is 2.06 bits per heavy atom. The summed E-state index contributed by atoms with van der Waals surface area (Å²) in [4.78, 5) is 15.8. The van der Waals surface area contributed by atoms with Crippen LogP contribution < -0.4 is 5.32 Å². The van der Waals surface area contributed by atoms with E-state index in [0.717, 1.165) is 5.56 Å². The van der Waals surface area contributed by atoms with E-state index in [1.807, 2.05) is 13.0 Å². The van der Waals surface area contributed by atoms with Crippen molar-refractivity contribution in [2.75, 3.05) is 5.32 Å². The van der Waals surface area contributed by atoms with Gasteiger partial charge in [-0.05, 0) is 30.7 Å². The number of pyridine rings is 1. The Hall–Kier alpha value is -2.36. The third-order valence-corrected chi connectivity index (χ3v) is 2.28. The van der Waals surface area contributed by atoms with Gasteiger partial charge >= 0.3 is 0 Å². The molecule has 0 saturated heterocycles. The smallest absolute Gasteiger partial charge is 0.259 e. The van der Waals surface area contributed by atoms with Crippen LogP contribution in [0.4, 0.5) is 5.69 Å². The predicted octanol–water partition coefficient (Wildman–Crippen LogP) is 2.35. The first kappa shape index (κ1) is 11.1. The van der Waals surface area contributed by atoms with Crippen molar-refractivity contribution in [2.24, 2.45) is 0 Å². The number of amides is 1. The summed E-state index contributed by atoms with van der Waals surface area (Å²) in [6, 6.07) is 8.21. The van der Waals surface area contributed by atoms with E-state index < -0.39 is 0 Å². The highest BCUT2D eigenvalue weighted by Crippen LogP contribution is 2.17. The van der Waals surface area contributed by atoms with Crippen molar-refractivity contribution in [3.8, 4) is 5.75 Å². The second kappa shape index (κ2) is 4.65. The molecule has 0 bridgehead atoms. The van der Waals surface area contributed by atoms with Gasteiger partial charge < -0.3 is 10.4 Å². The molecule has 0 aliphatic rings. The fourth-order valence-corrected chi connectivity index (χ4v) is 1.49. The third-order valence-electron chi connectivity index (χ3n) is 2.28. The van der Waals surface area contributed by atoms with Crippen LogP contribution in [0.25, 0.3) is 0 Å². The largest absolute Gasteiger partial charge is 0.507 e. The highest BCUT2D eigenvalue weighted by molar-refractivity contribution is 6.06. The van der Waals surface area contributed by atoms with Gasteiger partial charge in [0.15, 0.2) is 0 Å². The molecule has 0 spiro atoms. The quantitative estimate of drug-likeness (QED) is 0.829. The van der Waals surface area contributed by atoms with Gasteiger partial charge in [-0.3, -0.25) is 9.78 Å². The number of benzene rings is 1. The minimum absolute atomic E-state index is 0.0365. The van der Waals surface area contributed by atoms with E-state index in [0.29, 0.717) is 5.69 Å². The highest BCUT2D eigenvalue weighted by Gasteiger charge is 2.10. The number of aromatic nitrogens is 1. The molecule has 0 fully saturated rings. The van der Waals surface area contributed by atoms with Gasteiger partial charge in [0.2, 0.25) is 0 Å². The van der Waals surface area contributed by atoms with Crippen LogP contribution in [-0.2, 0) is 0 Å². The summed E-state index contributed by atoms with van der Waals surface area (Å²) in [5.41, 5.74) is 1.81. The molecule has 4 nitrogen and oxygen atoms in total. The number of aryl methyl sites for hydroxylation is 1. The fraction of sp³-hybridized carbons (Fsp3) is 0.0769. The Balaban J connectivity index is 2.20. The van der Waals surface area contributed by atoms with E-state index in [4.69, 9.17) is 0 Å². The van der Waals surface area contributed by atoms with Crippen LogP contribution in [0.1, 0.15) is 15.9 Å². The number of para-hydroxylation sites is 1. The van der Waals surface area contributed by atoms with Crippen LogP contribution >= 0.6 is 0 Å². The molecule has 0 radical (unpaired) electrons. The number of nitrogens with zero attached hydrogens (tertiary/aromatic N) is 1. The standard InChI is InChI=1S/C13H12N2O2/c1-9-6-10(8-14-7-9)15-13(17)11-4-2-3-5-12(11)16/h2-8,16H,1H3,(H,15,17). The molecule has 1 aromatic heterocycles. The van der Waals surface area contributed by atoms with Crippen molar-refractivity contribution in [3.63, 3.8) is 0 Å². The average Bonchev–Trinajstić information content (AvgIpc) is 2.29. The van der Waals surface area contributed by atoms with Crippen molar-refractivity contribution >= 4 is 11.6 Å². The zero-order valence-electron chi connectivity index (χ0n) is 9.34. The number of carbonyl (C=O) groups excluding carboxylic acids is 1. The number of hydrogen-bond acceptors (Lipinski definition) is 3. The monoisotopic (exact) mass is 228 g/mol. The number of anilines is 1. The number of rotatable bonds is 2. The summed E-state index contributed by atoms with van der Waals surface area (Å²) in [5, 5.41) is 12.2. The lowest BCUT2D eigenvalue weighted by Gasteiger charge is -2.06. The third kappa shape index (κ3) is 2.60. The Labute approximate surface area is 98.9 Å². The van der Waals surface area contributed by atoms with E-state index in [1.54, 1.807) is 30.6 Å². The van der Waals surface area contributed by atoms with Gasteiger partial charge in [0, 0.05) is 6.20 Å². The van der Waals surface area contributed by atoms with E-state index in [1.165, 1.54) is 6.07 Å². The normalized spacial score (nSPS) is 9.94. The highest BCUT2D eigenvalue weighted by atomic mass is 16.3. The lowest BCUT2D eigenvalue weighted by molar-refractivity contribution is 0.102. The van der Waals surface area contributed by atoms with Gasteiger partial charge in [0.05, 0.1) is 17.4 Å². The first-order chi connectivity index (χ1) is 8.16. The number of phenols is 1. The summed E-state index contributed by atoms with van der Waals surface area (Å²) >= 11 is 0. The Morgan fingerprint density at radius 3 is 2.76 bits per heavy atom. The minimum Gasteiger partial charge on any atom is -0.507 e. The second-order valence-electron chi connectivity index (χ2n) is 3.72.